The molecule has 2 aromatic carbocycles. The van der Waals surface area contributed by atoms with E-state index >= 15 is 0 Å². The minimum atomic E-state index is -1.16. The maximum Gasteiger partial charge on any atom is 0.168 e. The zero-order chi connectivity index (χ0) is 31.9. The van der Waals surface area contributed by atoms with Gasteiger partial charge in [0, 0.05) is 51.9 Å². The number of aryl methyl sites for hydroxylation is 1. The summed E-state index contributed by atoms with van der Waals surface area (Å²) in [6, 6.07) is 10.7. The van der Waals surface area contributed by atoms with Crippen molar-refractivity contribution in [3.8, 4) is 22.8 Å². The number of halogens is 1. The lowest BCUT2D eigenvalue weighted by molar-refractivity contribution is -0.183. The lowest BCUT2D eigenvalue weighted by Crippen LogP contribution is -2.36. The highest BCUT2D eigenvalue weighted by Crippen LogP contribution is 2.39. The van der Waals surface area contributed by atoms with Gasteiger partial charge in [0.15, 0.2) is 5.79 Å². The van der Waals surface area contributed by atoms with E-state index in [-0.39, 0.29) is 5.79 Å². The first-order valence-electron chi connectivity index (χ1n) is 16.1. The van der Waals surface area contributed by atoms with E-state index in [9.17, 15) is 0 Å². The standard InChI is InChI=1S/C34H41ClN6O4Si/c1-23-38-27-6-5-26(17-30(27)41(23)22-42-15-16-46(2,3)4)45-31-8-7-28-33(32(31)35)39-29(19-36-28)25-18-37-40(21-25)20-24-9-11-34(12-10-24)43-13-14-44-34/h5-8,17-19,21,24H,9-16,20,22H2,1-4H3. The molecular formula is C34H41ClN6O4Si. The van der Waals surface area contributed by atoms with Crippen LogP contribution in [0.15, 0.2) is 48.9 Å². The Labute approximate surface area is 275 Å². The van der Waals surface area contributed by atoms with Crippen LogP contribution in [0.25, 0.3) is 33.3 Å². The molecule has 2 fully saturated rings. The molecular weight excluding hydrogens is 620 g/mol. The normalized spacial score (nSPS) is 17.1. The van der Waals surface area contributed by atoms with Crippen LogP contribution >= 0.6 is 11.6 Å². The molecule has 1 saturated carbocycles. The van der Waals surface area contributed by atoms with E-state index in [0.29, 0.717) is 59.1 Å². The van der Waals surface area contributed by atoms with Crippen molar-refractivity contribution in [3.63, 3.8) is 0 Å². The number of benzene rings is 2. The Morgan fingerprint density at radius 1 is 1.02 bits per heavy atom. The number of aromatic nitrogens is 6. The van der Waals surface area contributed by atoms with Crippen LogP contribution in [0.3, 0.4) is 0 Å². The number of hydrogen-bond donors (Lipinski definition) is 0. The van der Waals surface area contributed by atoms with Crippen molar-refractivity contribution < 1.29 is 18.9 Å². The van der Waals surface area contributed by atoms with Gasteiger partial charge in [-0.05, 0) is 56.0 Å². The van der Waals surface area contributed by atoms with Crippen LogP contribution in [0, 0.1) is 12.8 Å². The molecule has 1 aliphatic heterocycles. The van der Waals surface area contributed by atoms with E-state index in [2.05, 4.69) is 34.3 Å². The number of imidazole rings is 1. The Morgan fingerprint density at radius 2 is 1.80 bits per heavy atom. The molecule has 4 heterocycles. The predicted octanol–water partition coefficient (Wildman–Crippen LogP) is 7.84. The van der Waals surface area contributed by atoms with Crippen LogP contribution in [0.1, 0.15) is 31.5 Å². The van der Waals surface area contributed by atoms with E-state index in [1.54, 1.807) is 6.20 Å². The average Bonchev–Trinajstić information content (AvgIpc) is 3.77. The molecule has 5 aromatic rings. The monoisotopic (exact) mass is 660 g/mol. The van der Waals surface area contributed by atoms with E-state index in [4.69, 9.17) is 40.5 Å². The van der Waals surface area contributed by atoms with Gasteiger partial charge in [-0.3, -0.25) is 9.67 Å². The van der Waals surface area contributed by atoms with Gasteiger partial charge in [0.1, 0.15) is 34.6 Å². The van der Waals surface area contributed by atoms with Crippen molar-refractivity contribution in [3.05, 3.63) is 59.8 Å². The maximum absolute atomic E-state index is 6.91. The number of fused-ring (bicyclic) bond motifs is 2. The number of hydrogen-bond acceptors (Lipinski definition) is 8. The highest BCUT2D eigenvalue weighted by molar-refractivity contribution is 6.76. The smallest absolute Gasteiger partial charge is 0.168 e. The Kier molecular flexibility index (Phi) is 8.62. The maximum atomic E-state index is 6.91. The van der Waals surface area contributed by atoms with Crippen molar-refractivity contribution in [1.29, 1.82) is 0 Å². The molecule has 7 rings (SSSR count). The second-order valence-corrected chi connectivity index (χ2v) is 19.7. The molecule has 0 atom stereocenters. The predicted molar refractivity (Wildman–Crippen MR) is 181 cm³/mol. The Morgan fingerprint density at radius 3 is 2.59 bits per heavy atom. The molecule has 0 unspecified atom stereocenters. The van der Waals surface area contributed by atoms with Crippen LogP contribution < -0.4 is 4.74 Å². The molecule has 242 valence electrons. The molecule has 10 nitrogen and oxygen atoms in total. The van der Waals surface area contributed by atoms with Gasteiger partial charge in [-0.15, -0.1) is 0 Å². The molecule has 0 amide bonds. The van der Waals surface area contributed by atoms with Crippen LogP contribution in [0.5, 0.6) is 11.5 Å². The summed E-state index contributed by atoms with van der Waals surface area (Å²) < 4.78 is 28.2. The fourth-order valence-corrected chi connectivity index (χ4v) is 7.30. The Hall–Kier alpha value is -3.35. The first-order chi connectivity index (χ1) is 22.1. The molecule has 3 aromatic heterocycles. The minimum absolute atomic E-state index is 0.343. The van der Waals surface area contributed by atoms with Crippen LogP contribution in [0.4, 0.5) is 0 Å². The molecule has 12 heteroatoms. The molecule has 2 aliphatic rings. The summed E-state index contributed by atoms with van der Waals surface area (Å²) in [5, 5.41) is 5.04. The van der Waals surface area contributed by atoms with Crippen molar-refractivity contribution >= 4 is 41.7 Å². The summed E-state index contributed by atoms with van der Waals surface area (Å²) in [7, 11) is -1.16. The highest BCUT2D eigenvalue weighted by Gasteiger charge is 2.40. The summed E-state index contributed by atoms with van der Waals surface area (Å²) in [4.78, 5) is 14.3. The minimum Gasteiger partial charge on any atom is -0.456 e. The molecule has 1 spiro atoms. The van der Waals surface area contributed by atoms with E-state index in [1.165, 1.54) is 0 Å². The Bertz CT molecular complexity index is 1850. The van der Waals surface area contributed by atoms with Gasteiger partial charge in [-0.1, -0.05) is 31.2 Å². The lowest BCUT2D eigenvalue weighted by Gasteiger charge is -2.35. The van der Waals surface area contributed by atoms with Gasteiger partial charge in [0.05, 0.1) is 47.9 Å². The van der Waals surface area contributed by atoms with Crippen molar-refractivity contribution in [1.82, 2.24) is 29.3 Å². The first kappa shape index (κ1) is 31.3. The second kappa shape index (κ2) is 12.7. The molecule has 1 aliphatic carbocycles. The van der Waals surface area contributed by atoms with Gasteiger partial charge in [-0.2, -0.15) is 5.10 Å². The van der Waals surface area contributed by atoms with Crippen molar-refractivity contribution in [2.75, 3.05) is 19.8 Å². The molecule has 0 radical (unpaired) electrons. The van der Waals surface area contributed by atoms with Gasteiger partial charge >= 0.3 is 0 Å². The molecule has 1 saturated heterocycles. The zero-order valence-corrected chi connectivity index (χ0v) is 28.7. The third-order valence-electron chi connectivity index (χ3n) is 9.03. The fraction of sp³-hybridized carbons (Fsp3) is 0.471. The number of rotatable bonds is 10. The van der Waals surface area contributed by atoms with Crippen molar-refractivity contribution in [2.45, 2.75) is 77.4 Å². The lowest BCUT2D eigenvalue weighted by atomic mass is 9.85. The van der Waals surface area contributed by atoms with Gasteiger partial charge < -0.3 is 23.5 Å². The quantitative estimate of drug-likeness (QED) is 0.110. The number of ether oxygens (including phenoxy) is 4. The summed E-state index contributed by atoms with van der Waals surface area (Å²) >= 11 is 6.91. The van der Waals surface area contributed by atoms with E-state index in [0.717, 1.165) is 67.3 Å². The molecule has 46 heavy (non-hydrogen) atoms. The fourth-order valence-electron chi connectivity index (χ4n) is 6.30. The van der Waals surface area contributed by atoms with Gasteiger partial charge in [-0.25, -0.2) is 9.97 Å². The zero-order valence-electron chi connectivity index (χ0n) is 27.0. The topological polar surface area (TPSA) is 98.3 Å². The van der Waals surface area contributed by atoms with E-state index < -0.39 is 8.07 Å². The SMILES string of the molecule is Cc1nc2ccc(Oc3ccc4ncc(-c5cnn(CC6CCC7(CC6)OCCO7)c5)nc4c3Cl)cc2n1COCC[Si](C)(C)C. The third kappa shape index (κ3) is 6.70. The average molecular weight is 661 g/mol. The summed E-state index contributed by atoms with van der Waals surface area (Å²) in [6.07, 6.45) is 9.64. The highest BCUT2D eigenvalue weighted by atomic mass is 35.5. The van der Waals surface area contributed by atoms with Crippen LogP contribution in [0.2, 0.25) is 30.7 Å². The van der Waals surface area contributed by atoms with Crippen LogP contribution in [-0.2, 0) is 27.5 Å². The molecule has 0 bridgehead atoms. The van der Waals surface area contributed by atoms with E-state index in [1.807, 2.05) is 54.3 Å². The Balaban J connectivity index is 1.06. The second-order valence-electron chi connectivity index (χ2n) is 13.7. The molecule has 0 N–H and O–H groups in total. The largest absolute Gasteiger partial charge is 0.456 e. The summed E-state index contributed by atoms with van der Waals surface area (Å²) in [6.45, 7) is 12.5. The van der Waals surface area contributed by atoms with Gasteiger partial charge in [0.25, 0.3) is 0 Å². The summed E-state index contributed by atoms with van der Waals surface area (Å²) in [5.74, 6) is 2.25. The number of nitrogens with zero attached hydrogens (tertiary/aromatic N) is 6. The van der Waals surface area contributed by atoms with Gasteiger partial charge in [0.2, 0.25) is 0 Å². The van der Waals surface area contributed by atoms with Crippen molar-refractivity contribution in [2.24, 2.45) is 5.92 Å². The third-order valence-corrected chi connectivity index (χ3v) is 11.1. The summed E-state index contributed by atoms with van der Waals surface area (Å²) in [5.41, 5.74) is 4.73. The van der Waals surface area contributed by atoms with Crippen LogP contribution in [-0.4, -0.2) is 63.0 Å². The first-order valence-corrected chi connectivity index (χ1v) is 20.2.